The first-order valence-corrected chi connectivity index (χ1v) is 18.5. The summed E-state index contributed by atoms with van der Waals surface area (Å²) in [6, 6.07) is 19.9. The number of esters is 1. The zero-order chi connectivity index (χ0) is 36.8. The van der Waals surface area contributed by atoms with Gasteiger partial charge in [0.25, 0.3) is 5.91 Å². The van der Waals surface area contributed by atoms with Gasteiger partial charge in [0.2, 0.25) is 0 Å². The number of carbonyl (C=O) groups excluding carboxylic acids is 2. The number of fused-ring (bicyclic) bond motifs is 1. The van der Waals surface area contributed by atoms with Gasteiger partial charge in [-0.2, -0.15) is 0 Å². The third-order valence-electron chi connectivity index (χ3n) is 10.5. The number of pyridine rings is 1. The lowest BCUT2D eigenvalue weighted by molar-refractivity contribution is -0.143. The number of amides is 1. The number of piperidine rings is 1. The van der Waals surface area contributed by atoms with Crippen molar-refractivity contribution >= 4 is 34.4 Å². The van der Waals surface area contributed by atoms with Crippen LogP contribution in [-0.4, -0.2) is 56.8 Å². The van der Waals surface area contributed by atoms with Crippen LogP contribution in [0.1, 0.15) is 98.5 Å². The molecule has 0 spiro atoms. The number of azide groups is 1. The minimum Gasteiger partial charge on any atom is -0.497 e. The molecule has 2 aromatic carbocycles. The van der Waals surface area contributed by atoms with Gasteiger partial charge in [-0.25, -0.2) is 4.98 Å². The third kappa shape index (κ3) is 8.70. The number of nitrogens with zero attached hydrogens (tertiary/aromatic N) is 6. The molecule has 274 valence electrons. The highest BCUT2D eigenvalue weighted by Gasteiger charge is 2.35. The van der Waals surface area contributed by atoms with Crippen molar-refractivity contribution in [2.45, 2.75) is 78.1 Å². The van der Waals surface area contributed by atoms with Gasteiger partial charge in [0.15, 0.2) is 0 Å². The van der Waals surface area contributed by atoms with Crippen LogP contribution in [0.25, 0.3) is 21.4 Å². The molecule has 11 nitrogen and oxygen atoms in total. The Balaban J connectivity index is 1.21. The van der Waals surface area contributed by atoms with Crippen LogP contribution in [0, 0.1) is 18.3 Å². The molecule has 1 amide bonds. The van der Waals surface area contributed by atoms with Crippen LogP contribution in [-0.2, 0) is 9.53 Å². The first kappa shape index (κ1) is 36.8. The van der Waals surface area contributed by atoms with Crippen LogP contribution in [0.2, 0.25) is 0 Å². The van der Waals surface area contributed by atoms with Crippen molar-refractivity contribution in [1.29, 1.82) is 0 Å². The molecule has 6 rings (SSSR count). The molecular formula is C41H50N6O5. The number of methoxy groups -OCH3 is 1. The third-order valence-corrected chi connectivity index (χ3v) is 10.5. The fourth-order valence-electron chi connectivity index (χ4n) is 7.43. The SMILES string of the molecule is CCOC(=O)C[C@H](c1ccc2cc(C3CCN(c4cc(OC)ccc4C(=O)N(CC(C)(C)CCN=[N+]=[N-])c4cccc(C)n4)CC3)oc2c1)C1CC1. The summed E-state index contributed by atoms with van der Waals surface area (Å²) in [5, 5.41) is 4.81. The van der Waals surface area contributed by atoms with Crippen LogP contribution in [0.4, 0.5) is 11.5 Å². The maximum absolute atomic E-state index is 14.6. The Morgan fingerprint density at radius 1 is 1.10 bits per heavy atom. The Morgan fingerprint density at radius 3 is 2.58 bits per heavy atom. The second kappa shape index (κ2) is 16.1. The topological polar surface area (TPSA) is 134 Å². The van der Waals surface area contributed by atoms with E-state index >= 15 is 0 Å². The van der Waals surface area contributed by atoms with Crippen molar-refractivity contribution in [3.8, 4) is 5.75 Å². The van der Waals surface area contributed by atoms with Crippen molar-refractivity contribution in [3.63, 3.8) is 0 Å². The summed E-state index contributed by atoms with van der Waals surface area (Å²) in [7, 11) is 1.64. The van der Waals surface area contributed by atoms with Crippen LogP contribution < -0.4 is 14.5 Å². The standard InChI is InChI=1S/C41H50N6O5/c1-6-51-39(48)25-34(28-10-11-28)30-12-13-31-23-36(52-37(31)22-30)29-16-20-46(21-17-29)35-24-32(50-5)14-15-33(35)40(49)47(38-9-7-8-27(2)44-38)26-41(3,4)18-19-43-45-42/h7-9,12-15,22-24,28-29,34H,6,10-11,16-21,25-26H2,1-5H3/t34-/m0/s1. The molecule has 1 aliphatic carbocycles. The van der Waals surface area contributed by atoms with E-state index in [1.807, 2.05) is 50.2 Å². The van der Waals surface area contributed by atoms with E-state index in [0.29, 0.717) is 55.6 Å². The number of anilines is 2. The van der Waals surface area contributed by atoms with Crippen LogP contribution in [0.15, 0.2) is 70.2 Å². The quantitative estimate of drug-likeness (QED) is 0.0520. The molecule has 3 heterocycles. The monoisotopic (exact) mass is 706 g/mol. The highest BCUT2D eigenvalue weighted by molar-refractivity contribution is 6.09. The fourth-order valence-corrected chi connectivity index (χ4v) is 7.43. The molecule has 1 atom stereocenters. The predicted molar refractivity (Wildman–Crippen MR) is 203 cm³/mol. The summed E-state index contributed by atoms with van der Waals surface area (Å²) in [6.45, 7) is 10.5. The highest BCUT2D eigenvalue weighted by atomic mass is 16.5. The smallest absolute Gasteiger partial charge is 0.306 e. The number of hydrogen-bond donors (Lipinski definition) is 0. The lowest BCUT2D eigenvalue weighted by Gasteiger charge is -2.36. The summed E-state index contributed by atoms with van der Waals surface area (Å²) >= 11 is 0. The van der Waals surface area contributed by atoms with E-state index < -0.39 is 0 Å². The van der Waals surface area contributed by atoms with E-state index in [1.165, 1.54) is 0 Å². The van der Waals surface area contributed by atoms with Gasteiger partial charge in [-0.15, -0.1) is 0 Å². The van der Waals surface area contributed by atoms with Crippen molar-refractivity contribution in [1.82, 2.24) is 4.98 Å². The summed E-state index contributed by atoms with van der Waals surface area (Å²) < 4.78 is 17.4. The molecule has 1 saturated carbocycles. The zero-order valence-corrected chi connectivity index (χ0v) is 31.0. The second-order valence-corrected chi connectivity index (χ2v) is 14.9. The van der Waals surface area contributed by atoms with E-state index in [9.17, 15) is 9.59 Å². The van der Waals surface area contributed by atoms with Crippen LogP contribution >= 0.6 is 0 Å². The molecule has 0 radical (unpaired) electrons. The number of hydrogen-bond acceptors (Lipinski definition) is 8. The Bertz CT molecular complexity index is 1940. The zero-order valence-electron chi connectivity index (χ0n) is 31.0. The highest BCUT2D eigenvalue weighted by Crippen LogP contribution is 2.46. The second-order valence-electron chi connectivity index (χ2n) is 14.9. The Labute approximate surface area is 305 Å². The van der Waals surface area contributed by atoms with Crippen molar-refractivity contribution in [2.75, 3.05) is 49.7 Å². The van der Waals surface area contributed by atoms with Crippen molar-refractivity contribution < 1.29 is 23.5 Å². The molecule has 1 saturated heterocycles. The average Bonchev–Trinajstić information content (AvgIpc) is 3.90. The van der Waals surface area contributed by atoms with Crippen LogP contribution in [0.3, 0.4) is 0 Å². The molecular weight excluding hydrogens is 656 g/mol. The van der Waals surface area contributed by atoms with Gasteiger partial charge < -0.3 is 18.8 Å². The summed E-state index contributed by atoms with van der Waals surface area (Å²) in [5.74, 6) is 2.87. The maximum Gasteiger partial charge on any atom is 0.306 e. The Kier molecular flexibility index (Phi) is 11.4. The van der Waals surface area contributed by atoms with Gasteiger partial charge >= 0.3 is 5.97 Å². The van der Waals surface area contributed by atoms with Crippen molar-refractivity contribution in [2.24, 2.45) is 16.4 Å². The van der Waals surface area contributed by atoms with E-state index in [0.717, 1.165) is 72.4 Å². The molecule has 4 aromatic rings. The van der Waals surface area contributed by atoms with Gasteiger partial charge in [-0.05, 0) is 111 Å². The van der Waals surface area contributed by atoms with E-state index in [-0.39, 0.29) is 29.1 Å². The van der Waals surface area contributed by atoms with E-state index in [2.05, 4.69) is 53.0 Å². The molecule has 52 heavy (non-hydrogen) atoms. The minimum absolute atomic E-state index is 0.141. The molecule has 0 unspecified atom stereocenters. The number of aromatic nitrogens is 1. The number of aryl methyl sites for hydroxylation is 1. The van der Waals surface area contributed by atoms with Gasteiger partial charge in [0, 0.05) is 54.2 Å². The molecule has 11 heteroatoms. The normalized spacial score (nSPS) is 15.6. The Hall–Kier alpha value is -5.02. The lowest BCUT2D eigenvalue weighted by atomic mass is 9.88. The number of ether oxygens (including phenoxy) is 2. The number of furan rings is 1. The molecule has 1 aliphatic heterocycles. The average molecular weight is 707 g/mol. The van der Waals surface area contributed by atoms with Gasteiger partial charge in [0.1, 0.15) is 22.9 Å². The molecule has 2 aliphatic rings. The van der Waals surface area contributed by atoms with Crippen molar-refractivity contribution in [3.05, 3.63) is 93.7 Å². The molecule has 0 bridgehead atoms. The number of carbonyl (C=O) groups is 2. The summed E-state index contributed by atoms with van der Waals surface area (Å²) in [4.78, 5) is 38.7. The number of benzene rings is 2. The minimum atomic E-state index is -0.340. The number of rotatable bonds is 15. The van der Waals surface area contributed by atoms with Gasteiger partial charge in [-0.1, -0.05) is 37.2 Å². The van der Waals surface area contributed by atoms with Crippen LogP contribution in [0.5, 0.6) is 5.75 Å². The van der Waals surface area contributed by atoms with E-state index in [1.54, 1.807) is 12.0 Å². The summed E-state index contributed by atoms with van der Waals surface area (Å²) in [6.07, 6.45) is 5.03. The first-order chi connectivity index (χ1) is 25.1. The largest absolute Gasteiger partial charge is 0.497 e. The first-order valence-electron chi connectivity index (χ1n) is 18.5. The Morgan fingerprint density at radius 2 is 1.88 bits per heavy atom. The predicted octanol–water partition coefficient (Wildman–Crippen LogP) is 9.35. The fraction of sp³-hybridized carbons (Fsp3) is 0.488. The van der Waals surface area contributed by atoms with Gasteiger partial charge in [0.05, 0.1) is 31.4 Å². The molecule has 0 N–H and O–H groups in total. The summed E-state index contributed by atoms with van der Waals surface area (Å²) in [5.41, 5.74) is 12.7. The molecule has 2 fully saturated rings. The molecule has 2 aromatic heterocycles. The lowest BCUT2D eigenvalue weighted by Crippen LogP contribution is -2.41. The van der Waals surface area contributed by atoms with Gasteiger partial charge in [-0.3, -0.25) is 14.5 Å². The maximum atomic E-state index is 14.6. The van der Waals surface area contributed by atoms with E-state index in [4.69, 9.17) is 24.4 Å².